The summed E-state index contributed by atoms with van der Waals surface area (Å²) in [5, 5.41) is 3.46. The summed E-state index contributed by atoms with van der Waals surface area (Å²) in [6.45, 7) is 18.0. The Morgan fingerprint density at radius 2 is 1.81 bits per heavy atom. The lowest BCUT2D eigenvalue weighted by atomic mass is 10.0. The van der Waals surface area contributed by atoms with E-state index in [4.69, 9.17) is 9.16 Å². The van der Waals surface area contributed by atoms with Gasteiger partial charge >= 0.3 is 6.09 Å². The molecule has 0 bridgehead atoms. The first-order chi connectivity index (χ1) is 14.2. The van der Waals surface area contributed by atoms with Crippen molar-refractivity contribution in [2.75, 3.05) is 19.3 Å². The van der Waals surface area contributed by atoms with Crippen molar-refractivity contribution in [2.45, 2.75) is 89.2 Å². The number of rotatable bonds is 7. The Bertz CT molecular complexity index is 716. The molecule has 5 nitrogen and oxygen atoms in total. The first-order valence-corrected chi connectivity index (χ1v) is 15.2. The van der Waals surface area contributed by atoms with E-state index in [1.165, 1.54) is 5.56 Å². The summed E-state index contributed by atoms with van der Waals surface area (Å²) in [7, 11) is 0.0774. The van der Waals surface area contributed by atoms with E-state index >= 15 is 0 Å². The van der Waals surface area contributed by atoms with E-state index in [9.17, 15) is 4.79 Å². The smallest absolute Gasteiger partial charge is 0.407 e. The standard InChI is InChI=1S/C24H42N2O3SSi/c1-23(2,3)28-22(27)25-19(17-18-13-11-10-12-14-18)20(21-26(7)15-16-30-21)29-31(8,9)24(4,5)6/h10-14,19-21H,15-17H2,1-9H3,(H,25,27)/t19-,20+,21?/m0/s1. The Morgan fingerprint density at radius 3 is 2.29 bits per heavy atom. The Labute approximate surface area is 194 Å². The van der Waals surface area contributed by atoms with Crippen molar-refractivity contribution in [1.82, 2.24) is 10.2 Å². The van der Waals surface area contributed by atoms with Crippen molar-refractivity contribution in [1.29, 1.82) is 0 Å². The molecule has 1 aromatic carbocycles. The number of likely N-dealkylation sites (N-methyl/N-ethyl adjacent to an activating group) is 1. The Hall–Kier alpha value is -1.02. The fraction of sp³-hybridized carbons (Fsp3) is 0.708. The molecule has 31 heavy (non-hydrogen) atoms. The molecule has 0 saturated carbocycles. The van der Waals surface area contributed by atoms with Crippen molar-refractivity contribution in [3.63, 3.8) is 0 Å². The zero-order chi connectivity index (χ0) is 23.4. The van der Waals surface area contributed by atoms with Gasteiger partial charge < -0.3 is 14.5 Å². The van der Waals surface area contributed by atoms with Crippen molar-refractivity contribution in [3.05, 3.63) is 35.9 Å². The fourth-order valence-electron chi connectivity index (χ4n) is 3.35. The third-order valence-electron chi connectivity index (χ3n) is 6.08. The van der Waals surface area contributed by atoms with Crippen LogP contribution in [0.5, 0.6) is 0 Å². The highest BCUT2D eigenvalue weighted by Crippen LogP contribution is 2.40. The van der Waals surface area contributed by atoms with Crippen LogP contribution in [-0.2, 0) is 15.6 Å². The average Bonchev–Trinajstić information content (AvgIpc) is 3.03. The normalized spacial score (nSPS) is 20.4. The quantitative estimate of drug-likeness (QED) is 0.536. The van der Waals surface area contributed by atoms with Crippen molar-refractivity contribution >= 4 is 26.2 Å². The number of benzene rings is 1. The average molecular weight is 467 g/mol. The minimum absolute atomic E-state index is 0.0797. The predicted octanol–water partition coefficient (Wildman–Crippen LogP) is 5.52. The molecule has 7 heteroatoms. The first-order valence-electron chi connectivity index (χ1n) is 11.2. The summed E-state index contributed by atoms with van der Waals surface area (Å²) in [6.07, 6.45) is 0.179. The number of nitrogens with zero attached hydrogens (tertiary/aromatic N) is 1. The van der Waals surface area contributed by atoms with Crippen LogP contribution in [-0.4, -0.2) is 61.8 Å². The summed E-state index contributed by atoms with van der Waals surface area (Å²) in [4.78, 5) is 15.2. The third kappa shape index (κ3) is 7.81. The van der Waals surface area contributed by atoms with Gasteiger partial charge in [-0.3, -0.25) is 4.90 Å². The highest BCUT2D eigenvalue weighted by molar-refractivity contribution is 8.00. The number of alkyl carbamates (subject to hydrolysis) is 1. The van der Waals surface area contributed by atoms with Crippen molar-refractivity contribution in [2.24, 2.45) is 0 Å². The number of amides is 1. The molecule has 0 spiro atoms. The molecular formula is C24H42N2O3SSi. The number of ether oxygens (including phenoxy) is 1. The molecule has 1 N–H and O–H groups in total. The maximum atomic E-state index is 12.8. The highest BCUT2D eigenvalue weighted by atomic mass is 32.2. The first kappa shape index (κ1) is 26.2. The zero-order valence-electron chi connectivity index (χ0n) is 20.8. The molecule has 0 aliphatic carbocycles. The van der Waals surface area contributed by atoms with Crippen LogP contribution < -0.4 is 5.32 Å². The number of thioether (sulfide) groups is 1. The second kappa shape index (κ2) is 10.3. The number of hydrogen-bond acceptors (Lipinski definition) is 5. The van der Waals surface area contributed by atoms with E-state index in [2.05, 4.69) is 63.3 Å². The molecule has 0 radical (unpaired) electrons. The van der Waals surface area contributed by atoms with Crippen LogP contribution in [0.4, 0.5) is 4.79 Å². The number of nitrogens with one attached hydrogen (secondary N) is 1. The fourth-order valence-corrected chi connectivity index (χ4v) is 6.21. The van der Waals surface area contributed by atoms with E-state index in [-0.39, 0.29) is 28.7 Å². The maximum Gasteiger partial charge on any atom is 0.407 e. The third-order valence-corrected chi connectivity index (χ3v) is 11.9. The topological polar surface area (TPSA) is 50.8 Å². The lowest BCUT2D eigenvalue weighted by molar-refractivity contribution is 0.0384. The van der Waals surface area contributed by atoms with Crippen LogP contribution in [0.3, 0.4) is 0 Å². The van der Waals surface area contributed by atoms with Crippen molar-refractivity contribution < 1.29 is 14.0 Å². The van der Waals surface area contributed by atoms with Gasteiger partial charge in [-0.25, -0.2) is 4.79 Å². The molecular weight excluding hydrogens is 424 g/mol. The van der Waals surface area contributed by atoms with Crippen LogP contribution in [0.1, 0.15) is 47.1 Å². The van der Waals surface area contributed by atoms with E-state index in [0.717, 1.165) is 12.3 Å². The maximum absolute atomic E-state index is 12.8. The number of hydrogen-bond donors (Lipinski definition) is 1. The molecule has 3 atom stereocenters. The van der Waals surface area contributed by atoms with E-state index in [0.29, 0.717) is 6.42 Å². The van der Waals surface area contributed by atoms with Gasteiger partial charge in [-0.05, 0) is 57.9 Å². The highest BCUT2D eigenvalue weighted by Gasteiger charge is 2.45. The lowest BCUT2D eigenvalue weighted by Gasteiger charge is -2.44. The van der Waals surface area contributed by atoms with E-state index < -0.39 is 13.9 Å². The predicted molar refractivity (Wildman–Crippen MR) is 134 cm³/mol. The van der Waals surface area contributed by atoms with Gasteiger partial charge in [0, 0.05) is 12.3 Å². The summed E-state index contributed by atoms with van der Waals surface area (Å²) < 4.78 is 12.7. The molecule has 1 aliphatic rings. The summed E-state index contributed by atoms with van der Waals surface area (Å²) in [6, 6.07) is 10.1. The molecule has 1 unspecified atom stereocenters. The minimum Gasteiger partial charge on any atom is -0.444 e. The second-order valence-corrected chi connectivity index (χ2v) is 17.0. The van der Waals surface area contributed by atoms with Gasteiger partial charge in [-0.1, -0.05) is 51.1 Å². The largest absolute Gasteiger partial charge is 0.444 e. The van der Waals surface area contributed by atoms with Gasteiger partial charge in [0.1, 0.15) is 5.60 Å². The Kier molecular flexibility index (Phi) is 8.70. The van der Waals surface area contributed by atoms with E-state index in [1.54, 1.807) is 0 Å². The van der Waals surface area contributed by atoms with Gasteiger partial charge in [0.2, 0.25) is 0 Å². The summed E-state index contributed by atoms with van der Waals surface area (Å²) in [5.74, 6) is 1.07. The van der Waals surface area contributed by atoms with Gasteiger partial charge in [0.25, 0.3) is 0 Å². The molecule has 2 rings (SSSR count). The molecule has 1 fully saturated rings. The summed E-state index contributed by atoms with van der Waals surface area (Å²) >= 11 is 1.92. The molecule has 1 amide bonds. The lowest BCUT2D eigenvalue weighted by Crippen LogP contribution is -2.58. The zero-order valence-corrected chi connectivity index (χ0v) is 22.6. The minimum atomic E-state index is -2.08. The monoisotopic (exact) mass is 466 g/mol. The van der Waals surface area contributed by atoms with E-state index in [1.807, 2.05) is 50.7 Å². The van der Waals surface area contributed by atoms with Crippen LogP contribution in [0, 0.1) is 0 Å². The van der Waals surface area contributed by atoms with Crippen molar-refractivity contribution in [3.8, 4) is 0 Å². The Morgan fingerprint density at radius 1 is 1.19 bits per heavy atom. The molecule has 176 valence electrons. The molecule has 1 aromatic rings. The molecule has 1 saturated heterocycles. The van der Waals surface area contributed by atoms with Crippen LogP contribution >= 0.6 is 11.8 Å². The van der Waals surface area contributed by atoms with Crippen LogP contribution in [0.2, 0.25) is 18.1 Å². The Balaban J connectivity index is 2.39. The molecule has 0 aromatic heterocycles. The second-order valence-electron chi connectivity index (χ2n) is 11.0. The van der Waals surface area contributed by atoms with Gasteiger partial charge in [-0.15, -0.1) is 11.8 Å². The van der Waals surface area contributed by atoms with Gasteiger partial charge in [-0.2, -0.15) is 0 Å². The SMILES string of the molecule is CN1CCSC1[C@H](O[Si](C)(C)C(C)(C)C)[C@H](Cc1ccccc1)NC(=O)OC(C)(C)C. The van der Waals surface area contributed by atoms with Crippen LogP contribution in [0.15, 0.2) is 30.3 Å². The van der Waals surface area contributed by atoms with Gasteiger partial charge in [0.05, 0.1) is 17.5 Å². The molecule has 1 heterocycles. The summed E-state index contributed by atoms with van der Waals surface area (Å²) in [5.41, 5.74) is 0.633. The molecule has 1 aliphatic heterocycles. The number of carbonyl (C=O) groups is 1. The van der Waals surface area contributed by atoms with Gasteiger partial charge in [0.15, 0.2) is 8.32 Å². The number of carbonyl (C=O) groups excluding carboxylic acids is 1. The van der Waals surface area contributed by atoms with Crippen LogP contribution in [0.25, 0.3) is 0 Å².